The Hall–Kier alpha value is -1.99. The Bertz CT molecular complexity index is 629. The van der Waals surface area contributed by atoms with Crippen molar-refractivity contribution in [3.05, 3.63) is 42.0 Å². The van der Waals surface area contributed by atoms with Gasteiger partial charge in [0.25, 0.3) is 11.8 Å². The Balaban J connectivity index is 2.32. The lowest BCUT2D eigenvalue weighted by molar-refractivity contribution is -0.161. The molecule has 0 radical (unpaired) electrons. The average molecular weight is 267 g/mol. The van der Waals surface area contributed by atoms with Crippen LogP contribution in [0.25, 0.3) is 0 Å². The average Bonchev–Trinajstić information content (AvgIpc) is 2.61. The third-order valence-corrected chi connectivity index (χ3v) is 3.65. The highest BCUT2D eigenvalue weighted by Crippen LogP contribution is 2.19. The summed E-state index contributed by atoms with van der Waals surface area (Å²) in [6, 6.07) is 6.11. The van der Waals surface area contributed by atoms with E-state index in [1.54, 1.807) is 19.1 Å². The molecule has 7 heteroatoms. The number of hydrogen-bond acceptors (Lipinski definition) is 5. The van der Waals surface area contributed by atoms with Crippen molar-refractivity contribution in [3.63, 3.8) is 0 Å². The second-order valence-corrected chi connectivity index (χ2v) is 5.10. The summed E-state index contributed by atoms with van der Waals surface area (Å²) in [5.41, 5.74) is 0.463. The van der Waals surface area contributed by atoms with E-state index in [1.807, 2.05) is 0 Å². The Labute approximate surface area is 104 Å². The topological polar surface area (TPSA) is 80.8 Å². The van der Waals surface area contributed by atoms with Crippen LogP contribution in [0, 0.1) is 6.92 Å². The zero-order valence-electron chi connectivity index (χ0n) is 9.36. The fraction of sp³-hybridized carbons (Fsp3) is 0.0909. The molecule has 2 amide bonds. The summed E-state index contributed by atoms with van der Waals surface area (Å²) in [7, 11) is -4.20. The van der Waals surface area contributed by atoms with Gasteiger partial charge in [0.15, 0.2) is 0 Å². The molecule has 1 aromatic carbocycles. The van der Waals surface area contributed by atoms with Gasteiger partial charge in [-0.1, -0.05) is 18.2 Å². The Kier molecular flexibility index (Phi) is 3.02. The second-order valence-electron chi connectivity index (χ2n) is 3.60. The molecular weight excluding hydrogens is 258 g/mol. The van der Waals surface area contributed by atoms with Crippen molar-refractivity contribution in [1.82, 2.24) is 5.06 Å². The molecule has 0 bridgehead atoms. The molecule has 6 nitrogen and oxygen atoms in total. The second kappa shape index (κ2) is 4.35. The van der Waals surface area contributed by atoms with Crippen molar-refractivity contribution in [2.45, 2.75) is 11.8 Å². The molecule has 0 saturated carbocycles. The molecule has 1 aromatic rings. The van der Waals surface area contributed by atoms with Crippen molar-refractivity contribution in [3.8, 4) is 0 Å². The maximum Gasteiger partial charge on any atom is 0.318 e. The van der Waals surface area contributed by atoms with Gasteiger partial charge in [-0.15, -0.1) is 9.35 Å². The Morgan fingerprint density at radius 3 is 2.17 bits per heavy atom. The van der Waals surface area contributed by atoms with Crippen LogP contribution in [0.15, 0.2) is 41.3 Å². The Morgan fingerprint density at radius 2 is 1.61 bits per heavy atom. The van der Waals surface area contributed by atoms with E-state index in [0.29, 0.717) is 5.56 Å². The predicted molar refractivity (Wildman–Crippen MR) is 60.4 cm³/mol. The van der Waals surface area contributed by atoms with Gasteiger partial charge in [0.05, 0.1) is 4.90 Å². The largest absolute Gasteiger partial charge is 0.318 e. The first-order valence-corrected chi connectivity index (χ1v) is 6.39. The fourth-order valence-corrected chi connectivity index (χ4v) is 2.57. The molecule has 2 rings (SSSR count). The lowest BCUT2D eigenvalue weighted by Crippen LogP contribution is -2.33. The van der Waals surface area contributed by atoms with Crippen LogP contribution < -0.4 is 0 Å². The molecular formula is C11H9NO5S. The predicted octanol–water partition coefficient (Wildman–Crippen LogP) is 0.540. The molecule has 0 saturated heterocycles. The number of nitrogens with zero attached hydrogens (tertiary/aromatic N) is 1. The zero-order valence-corrected chi connectivity index (χ0v) is 10.2. The molecule has 1 aliphatic rings. The standard InChI is InChI=1S/C11H9NO5S/c1-8-4-2-3-5-9(8)18(15,16)17-12-10(13)6-7-11(12)14/h2-7H,1H3. The van der Waals surface area contributed by atoms with Gasteiger partial charge in [0.1, 0.15) is 0 Å². The quantitative estimate of drug-likeness (QED) is 0.747. The smallest absolute Gasteiger partial charge is 0.267 e. The highest BCUT2D eigenvalue weighted by molar-refractivity contribution is 7.86. The van der Waals surface area contributed by atoms with Crippen molar-refractivity contribution in [2.24, 2.45) is 0 Å². The van der Waals surface area contributed by atoms with Crippen LogP contribution in [0.1, 0.15) is 5.56 Å². The third kappa shape index (κ3) is 2.18. The minimum Gasteiger partial charge on any atom is -0.267 e. The van der Waals surface area contributed by atoms with Gasteiger partial charge in [-0.3, -0.25) is 9.59 Å². The fourth-order valence-electron chi connectivity index (χ4n) is 1.44. The van der Waals surface area contributed by atoms with Crippen LogP contribution in [0.5, 0.6) is 0 Å². The monoisotopic (exact) mass is 267 g/mol. The number of hydroxylamine groups is 2. The van der Waals surface area contributed by atoms with Gasteiger partial charge in [-0.05, 0) is 18.6 Å². The molecule has 94 valence electrons. The van der Waals surface area contributed by atoms with Crippen LogP contribution in [0.4, 0.5) is 0 Å². The van der Waals surface area contributed by atoms with Crippen LogP contribution in [0.3, 0.4) is 0 Å². The van der Waals surface area contributed by atoms with E-state index in [2.05, 4.69) is 4.28 Å². The Morgan fingerprint density at radius 1 is 1.06 bits per heavy atom. The highest BCUT2D eigenvalue weighted by atomic mass is 32.2. The molecule has 0 fully saturated rings. The van der Waals surface area contributed by atoms with Crippen molar-refractivity contribution in [2.75, 3.05) is 0 Å². The molecule has 18 heavy (non-hydrogen) atoms. The van der Waals surface area contributed by atoms with E-state index in [0.717, 1.165) is 12.2 Å². The number of carbonyl (C=O) groups is 2. The van der Waals surface area contributed by atoms with Crippen LogP contribution in [-0.2, 0) is 24.0 Å². The summed E-state index contributed by atoms with van der Waals surface area (Å²) in [5.74, 6) is -1.64. The van der Waals surface area contributed by atoms with Gasteiger partial charge in [-0.25, -0.2) is 0 Å². The summed E-state index contributed by atoms with van der Waals surface area (Å²) in [5, 5.41) is 0.210. The van der Waals surface area contributed by atoms with Crippen LogP contribution in [-0.4, -0.2) is 25.3 Å². The van der Waals surface area contributed by atoms with E-state index in [1.165, 1.54) is 12.1 Å². The van der Waals surface area contributed by atoms with Gasteiger partial charge >= 0.3 is 10.1 Å². The van der Waals surface area contributed by atoms with E-state index in [-0.39, 0.29) is 9.96 Å². The number of aryl methyl sites for hydroxylation is 1. The number of amides is 2. The molecule has 0 aliphatic carbocycles. The van der Waals surface area contributed by atoms with Gasteiger partial charge < -0.3 is 0 Å². The number of rotatable bonds is 3. The molecule has 0 spiro atoms. The van der Waals surface area contributed by atoms with E-state index < -0.39 is 21.9 Å². The first-order chi connectivity index (χ1) is 8.42. The minimum absolute atomic E-state index is 0.0856. The summed E-state index contributed by atoms with van der Waals surface area (Å²) in [6.45, 7) is 1.59. The van der Waals surface area contributed by atoms with Gasteiger partial charge in [-0.2, -0.15) is 8.42 Å². The third-order valence-electron chi connectivity index (χ3n) is 2.30. The van der Waals surface area contributed by atoms with Crippen LogP contribution >= 0.6 is 0 Å². The zero-order chi connectivity index (χ0) is 13.3. The van der Waals surface area contributed by atoms with E-state index in [9.17, 15) is 18.0 Å². The highest BCUT2D eigenvalue weighted by Gasteiger charge is 2.31. The summed E-state index contributed by atoms with van der Waals surface area (Å²) in [4.78, 5) is 22.3. The molecule has 0 atom stereocenters. The first-order valence-electron chi connectivity index (χ1n) is 4.98. The lowest BCUT2D eigenvalue weighted by Gasteiger charge is -2.13. The van der Waals surface area contributed by atoms with Crippen molar-refractivity contribution < 1.29 is 22.3 Å². The van der Waals surface area contributed by atoms with Crippen molar-refractivity contribution >= 4 is 21.9 Å². The van der Waals surface area contributed by atoms with Crippen LogP contribution in [0.2, 0.25) is 0 Å². The van der Waals surface area contributed by atoms with Gasteiger partial charge in [0.2, 0.25) is 0 Å². The maximum absolute atomic E-state index is 11.9. The molecule has 0 unspecified atom stereocenters. The molecule has 1 heterocycles. The van der Waals surface area contributed by atoms with E-state index >= 15 is 0 Å². The number of hydrogen-bond donors (Lipinski definition) is 0. The SMILES string of the molecule is Cc1ccccc1S(=O)(=O)ON1C(=O)C=CC1=O. The normalized spacial score (nSPS) is 15.5. The lowest BCUT2D eigenvalue weighted by atomic mass is 10.2. The van der Waals surface area contributed by atoms with Gasteiger partial charge in [0, 0.05) is 12.2 Å². The molecule has 0 aromatic heterocycles. The first kappa shape index (κ1) is 12.5. The minimum atomic E-state index is -4.20. The maximum atomic E-state index is 11.9. The van der Waals surface area contributed by atoms with E-state index in [4.69, 9.17) is 0 Å². The van der Waals surface area contributed by atoms with Crippen molar-refractivity contribution in [1.29, 1.82) is 0 Å². The number of imide groups is 1. The number of carbonyl (C=O) groups excluding carboxylic acids is 2. The summed E-state index contributed by atoms with van der Waals surface area (Å²) >= 11 is 0. The molecule has 1 aliphatic heterocycles. The summed E-state index contributed by atoms with van der Waals surface area (Å²) in [6.07, 6.45) is 1.88. The summed E-state index contributed by atoms with van der Waals surface area (Å²) < 4.78 is 28.3. The number of benzene rings is 1. The molecule has 0 N–H and O–H groups in total.